The predicted molar refractivity (Wildman–Crippen MR) is 94.2 cm³/mol. The third-order valence-corrected chi connectivity index (χ3v) is 4.14. The first-order chi connectivity index (χ1) is 11.6. The fourth-order valence-corrected chi connectivity index (χ4v) is 2.82. The van der Waals surface area contributed by atoms with Gasteiger partial charge in [-0.15, -0.1) is 0 Å². The van der Waals surface area contributed by atoms with Crippen LogP contribution in [0.15, 0.2) is 36.9 Å². The largest absolute Gasteiger partial charge is 0.363 e. The van der Waals surface area contributed by atoms with E-state index in [4.69, 9.17) is 0 Å². The lowest BCUT2D eigenvalue weighted by Gasteiger charge is -2.32. The molecule has 1 aliphatic rings. The van der Waals surface area contributed by atoms with Gasteiger partial charge in [0.2, 0.25) is 5.91 Å². The van der Waals surface area contributed by atoms with Crippen molar-refractivity contribution in [2.24, 2.45) is 5.92 Å². The summed E-state index contributed by atoms with van der Waals surface area (Å²) < 4.78 is 0. The highest BCUT2D eigenvalue weighted by molar-refractivity contribution is 5.93. The molecular formula is C17H22N6O. The van der Waals surface area contributed by atoms with Crippen molar-refractivity contribution in [3.63, 3.8) is 0 Å². The number of hydrogen-bond donors (Lipinski definition) is 1. The van der Waals surface area contributed by atoms with Crippen molar-refractivity contribution in [3.8, 4) is 0 Å². The minimum atomic E-state index is -0.0609. The Morgan fingerprint density at radius 2 is 2.12 bits per heavy atom. The third kappa shape index (κ3) is 3.79. The molecule has 1 N–H and O–H groups in total. The summed E-state index contributed by atoms with van der Waals surface area (Å²) in [6.07, 6.45) is 8.61. The van der Waals surface area contributed by atoms with Crippen molar-refractivity contribution in [1.29, 1.82) is 0 Å². The van der Waals surface area contributed by atoms with Crippen LogP contribution in [0, 0.1) is 5.92 Å². The summed E-state index contributed by atoms with van der Waals surface area (Å²) in [5.74, 6) is 1.66. The minimum absolute atomic E-state index is 0.0305. The summed E-state index contributed by atoms with van der Waals surface area (Å²) in [5.41, 5.74) is 0.724. The number of nitrogens with zero attached hydrogens (tertiary/aromatic N) is 5. The predicted octanol–water partition coefficient (Wildman–Crippen LogP) is 1.79. The molecule has 126 valence electrons. The van der Waals surface area contributed by atoms with Crippen LogP contribution in [-0.2, 0) is 4.79 Å². The summed E-state index contributed by atoms with van der Waals surface area (Å²) in [7, 11) is 3.87. The normalized spacial score (nSPS) is 17.4. The zero-order valence-corrected chi connectivity index (χ0v) is 14.0. The number of carbonyl (C=O) groups is 1. The molecule has 1 atom stereocenters. The van der Waals surface area contributed by atoms with Gasteiger partial charge in [-0.05, 0) is 25.0 Å². The molecule has 2 aromatic rings. The standard InChI is InChI=1S/C17H22N6O/c1-22(2)15-6-5-14(10-20-15)21-17(24)13-4-3-9-23(12-13)16-11-18-7-8-19-16/h5-8,10-11,13H,3-4,9,12H2,1-2H3,(H,21,24). The molecule has 0 aromatic carbocycles. The molecule has 1 saturated heterocycles. The molecule has 24 heavy (non-hydrogen) atoms. The molecule has 7 heteroatoms. The first kappa shape index (κ1) is 16.2. The second kappa shape index (κ2) is 7.25. The Labute approximate surface area is 141 Å². The van der Waals surface area contributed by atoms with Crippen LogP contribution >= 0.6 is 0 Å². The number of rotatable bonds is 4. The van der Waals surface area contributed by atoms with Gasteiger partial charge in [-0.25, -0.2) is 9.97 Å². The molecule has 0 spiro atoms. The van der Waals surface area contributed by atoms with E-state index in [9.17, 15) is 4.79 Å². The maximum atomic E-state index is 12.6. The molecule has 1 amide bonds. The summed E-state index contributed by atoms with van der Waals surface area (Å²) in [6.45, 7) is 1.56. The van der Waals surface area contributed by atoms with E-state index in [1.165, 1.54) is 0 Å². The lowest BCUT2D eigenvalue weighted by molar-refractivity contribution is -0.120. The summed E-state index contributed by atoms with van der Waals surface area (Å²) in [4.78, 5) is 29.3. The Bertz CT molecular complexity index is 673. The Hall–Kier alpha value is -2.70. The molecule has 0 aliphatic carbocycles. The third-order valence-electron chi connectivity index (χ3n) is 4.14. The first-order valence-corrected chi connectivity index (χ1v) is 8.08. The summed E-state index contributed by atoms with van der Waals surface area (Å²) in [6, 6.07) is 3.77. The van der Waals surface area contributed by atoms with Gasteiger partial charge in [0.25, 0.3) is 0 Å². The van der Waals surface area contributed by atoms with Crippen molar-refractivity contribution in [1.82, 2.24) is 15.0 Å². The maximum absolute atomic E-state index is 12.6. The van der Waals surface area contributed by atoms with E-state index in [0.717, 1.165) is 36.7 Å². The smallest absolute Gasteiger partial charge is 0.229 e. The summed E-state index contributed by atoms with van der Waals surface area (Å²) >= 11 is 0. The average molecular weight is 326 g/mol. The number of carbonyl (C=O) groups excluding carboxylic acids is 1. The Morgan fingerprint density at radius 3 is 2.79 bits per heavy atom. The second-order valence-electron chi connectivity index (χ2n) is 6.14. The Morgan fingerprint density at radius 1 is 1.25 bits per heavy atom. The highest BCUT2D eigenvalue weighted by Gasteiger charge is 2.26. The van der Waals surface area contributed by atoms with Crippen LogP contribution in [0.25, 0.3) is 0 Å². The van der Waals surface area contributed by atoms with E-state index in [1.54, 1.807) is 24.8 Å². The molecule has 2 aromatic heterocycles. The Balaban J connectivity index is 1.62. The zero-order valence-electron chi connectivity index (χ0n) is 14.0. The van der Waals surface area contributed by atoms with Gasteiger partial charge in [0.05, 0.1) is 24.0 Å². The topological polar surface area (TPSA) is 74.2 Å². The van der Waals surface area contributed by atoms with E-state index in [2.05, 4.69) is 25.2 Å². The lowest BCUT2D eigenvalue weighted by atomic mass is 9.97. The van der Waals surface area contributed by atoms with Gasteiger partial charge >= 0.3 is 0 Å². The Kier molecular flexibility index (Phi) is 4.88. The van der Waals surface area contributed by atoms with E-state index in [-0.39, 0.29) is 11.8 Å². The quantitative estimate of drug-likeness (QED) is 0.923. The van der Waals surface area contributed by atoms with Gasteiger partial charge in [0.1, 0.15) is 11.6 Å². The fraction of sp³-hybridized carbons (Fsp3) is 0.412. The van der Waals surface area contributed by atoms with E-state index in [0.29, 0.717) is 6.54 Å². The molecule has 3 rings (SSSR count). The molecule has 1 fully saturated rings. The van der Waals surface area contributed by atoms with E-state index in [1.807, 2.05) is 31.1 Å². The van der Waals surface area contributed by atoms with Crippen LogP contribution in [0.4, 0.5) is 17.3 Å². The number of amides is 1. The lowest BCUT2D eigenvalue weighted by Crippen LogP contribution is -2.41. The van der Waals surface area contributed by atoms with Gasteiger partial charge in [0, 0.05) is 39.6 Å². The maximum Gasteiger partial charge on any atom is 0.229 e. The van der Waals surface area contributed by atoms with Gasteiger partial charge in [-0.3, -0.25) is 9.78 Å². The molecular weight excluding hydrogens is 304 g/mol. The van der Waals surface area contributed by atoms with Crippen molar-refractivity contribution < 1.29 is 4.79 Å². The highest BCUT2D eigenvalue weighted by atomic mass is 16.1. The van der Waals surface area contributed by atoms with Crippen molar-refractivity contribution in [3.05, 3.63) is 36.9 Å². The fourth-order valence-electron chi connectivity index (χ4n) is 2.82. The van der Waals surface area contributed by atoms with Crippen molar-refractivity contribution >= 4 is 23.2 Å². The van der Waals surface area contributed by atoms with Crippen LogP contribution in [0.1, 0.15) is 12.8 Å². The molecule has 1 unspecified atom stereocenters. The van der Waals surface area contributed by atoms with Crippen LogP contribution < -0.4 is 15.1 Å². The zero-order chi connectivity index (χ0) is 16.9. The minimum Gasteiger partial charge on any atom is -0.363 e. The number of pyridine rings is 1. The first-order valence-electron chi connectivity index (χ1n) is 8.08. The van der Waals surface area contributed by atoms with Gasteiger partial charge in [-0.2, -0.15) is 0 Å². The molecule has 0 bridgehead atoms. The van der Waals surface area contributed by atoms with E-state index >= 15 is 0 Å². The summed E-state index contributed by atoms with van der Waals surface area (Å²) in [5, 5.41) is 2.97. The van der Waals surface area contributed by atoms with Crippen LogP contribution in [0.2, 0.25) is 0 Å². The number of piperidine rings is 1. The number of hydrogen-bond acceptors (Lipinski definition) is 6. The van der Waals surface area contributed by atoms with Gasteiger partial charge in [0.15, 0.2) is 0 Å². The molecule has 0 radical (unpaired) electrons. The highest BCUT2D eigenvalue weighted by Crippen LogP contribution is 2.22. The molecule has 0 saturated carbocycles. The van der Waals surface area contributed by atoms with Crippen LogP contribution in [-0.4, -0.2) is 48.0 Å². The average Bonchev–Trinajstić information content (AvgIpc) is 2.63. The number of nitrogens with one attached hydrogen (secondary N) is 1. The van der Waals surface area contributed by atoms with Crippen molar-refractivity contribution in [2.75, 3.05) is 42.3 Å². The van der Waals surface area contributed by atoms with E-state index < -0.39 is 0 Å². The second-order valence-corrected chi connectivity index (χ2v) is 6.14. The van der Waals surface area contributed by atoms with Crippen molar-refractivity contribution in [2.45, 2.75) is 12.8 Å². The van der Waals surface area contributed by atoms with Crippen LogP contribution in [0.5, 0.6) is 0 Å². The van der Waals surface area contributed by atoms with Crippen LogP contribution in [0.3, 0.4) is 0 Å². The van der Waals surface area contributed by atoms with Gasteiger partial charge < -0.3 is 15.1 Å². The monoisotopic (exact) mass is 326 g/mol. The number of aromatic nitrogens is 3. The van der Waals surface area contributed by atoms with Gasteiger partial charge in [-0.1, -0.05) is 0 Å². The molecule has 7 nitrogen and oxygen atoms in total. The SMILES string of the molecule is CN(C)c1ccc(NC(=O)C2CCCN(c3cnccn3)C2)cn1. The molecule has 3 heterocycles. The number of anilines is 3. The molecule has 1 aliphatic heterocycles.